The summed E-state index contributed by atoms with van der Waals surface area (Å²) < 4.78 is 0. The molecular weight excluding hydrogens is 312 g/mol. The van der Waals surface area contributed by atoms with Crippen molar-refractivity contribution in [3.05, 3.63) is 35.9 Å². The number of hydrazine groups is 1. The lowest BCUT2D eigenvalue weighted by atomic mass is 9.92. The van der Waals surface area contributed by atoms with Gasteiger partial charge in [0, 0.05) is 36.6 Å². The van der Waals surface area contributed by atoms with Gasteiger partial charge in [-0.1, -0.05) is 30.3 Å². The second-order valence-electron chi connectivity index (χ2n) is 7.99. The lowest BCUT2D eigenvalue weighted by Crippen LogP contribution is -2.42. The highest BCUT2D eigenvalue weighted by molar-refractivity contribution is 5.80. The van der Waals surface area contributed by atoms with E-state index >= 15 is 0 Å². The maximum absolute atomic E-state index is 13.0. The number of benzene rings is 1. The Morgan fingerprint density at radius 3 is 2.64 bits per heavy atom. The Hall–Kier alpha value is -1.43. The van der Waals surface area contributed by atoms with Crippen LogP contribution in [0.3, 0.4) is 0 Å². The number of fused-ring (bicyclic) bond motifs is 1. The predicted molar refractivity (Wildman–Crippen MR) is 98.7 cm³/mol. The maximum atomic E-state index is 13.0. The lowest BCUT2D eigenvalue weighted by molar-refractivity contribution is -0.125. The highest BCUT2D eigenvalue weighted by atomic mass is 16.2. The molecule has 1 amide bonds. The quantitative estimate of drug-likeness (QED) is 0.781. The highest BCUT2D eigenvalue weighted by Crippen LogP contribution is 2.44. The van der Waals surface area contributed by atoms with Gasteiger partial charge in [0.05, 0.1) is 5.92 Å². The van der Waals surface area contributed by atoms with Crippen LogP contribution in [0, 0.1) is 11.8 Å². The summed E-state index contributed by atoms with van der Waals surface area (Å²) in [5, 5.41) is 3.27. The van der Waals surface area contributed by atoms with Crippen LogP contribution in [-0.2, 0) is 4.79 Å². The van der Waals surface area contributed by atoms with E-state index in [-0.39, 0.29) is 11.8 Å². The van der Waals surface area contributed by atoms with E-state index < -0.39 is 0 Å². The van der Waals surface area contributed by atoms with E-state index in [0.29, 0.717) is 30.1 Å². The molecule has 0 aliphatic carbocycles. The van der Waals surface area contributed by atoms with E-state index in [9.17, 15) is 4.79 Å². The number of nitrogens with zero attached hydrogens (tertiary/aromatic N) is 1. The molecule has 2 unspecified atom stereocenters. The number of nitrogens with one attached hydrogen (secondary N) is 3. The topological polar surface area (TPSA) is 56.4 Å². The van der Waals surface area contributed by atoms with Crippen LogP contribution >= 0.6 is 0 Å². The molecule has 5 heteroatoms. The van der Waals surface area contributed by atoms with E-state index in [1.165, 1.54) is 12.0 Å². The van der Waals surface area contributed by atoms with Crippen molar-refractivity contribution in [1.82, 2.24) is 21.1 Å². The largest absolute Gasteiger partial charge is 0.355 e. The second-order valence-corrected chi connectivity index (χ2v) is 7.99. The van der Waals surface area contributed by atoms with E-state index in [1.54, 1.807) is 0 Å². The number of amides is 1. The zero-order valence-electron chi connectivity index (χ0n) is 15.2. The predicted octanol–water partition coefficient (Wildman–Crippen LogP) is 1.83. The first-order chi connectivity index (χ1) is 12.1. The van der Waals surface area contributed by atoms with Gasteiger partial charge in [0.25, 0.3) is 0 Å². The molecule has 1 aromatic rings. The van der Waals surface area contributed by atoms with Gasteiger partial charge in [-0.25, -0.2) is 0 Å². The molecule has 3 heterocycles. The van der Waals surface area contributed by atoms with Crippen molar-refractivity contribution in [3.8, 4) is 0 Å². The van der Waals surface area contributed by atoms with Gasteiger partial charge in [0.2, 0.25) is 5.91 Å². The van der Waals surface area contributed by atoms with Crippen LogP contribution in [0.4, 0.5) is 0 Å². The lowest BCUT2D eigenvalue weighted by Gasteiger charge is -2.24. The minimum Gasteiger partial charge on any atom is -0.355 e. The molecule has 0 spiro atoms. The Bertz CT molecular complexity index is 597. The summed E-state index contributed by atoms with van der Waals surface area (Å²) in [4.78, 5) is 15.5. The van der Waals surface area contributed by atoms with Crippen LogP contribution in [0.5, 0.6) is 0 Å². The molecular formula is C20H30N4O. The zero-order valence-corrected chi connectivity index (χ0v) is 15.2. The van der Waals surface area contributed by atoms with Crippen LogP contribution < -0.4 is 16.2 Å². The summed E-state index contributed by atoms with van der Waals surface area (Å²) >= 11 is 0. The van der Waals surface area contributed by atoms with E-state index in [0.717, 1.165) is 25.9 Å². The van der Waals surface area contributed by atoms with Gasteiger partial charge in [0.1, 0.15) is 0 Å². The summed E-state index contributed by atoms with van der Waals surface area (Å²) in [6.07, 6.45) is 3.32. The molecule has 0 aromatic heterocycles. The molecule has 0 radical (unpaired) electrons. The van der Waals surface area contributed by atoms with Crippen molar-refractivity contribution < 1.29 is 4.79 Å². The highest BCUT2D eigenvalue weighted by Gasteiger charge is 2.47. The monoisotopic (exact) mass is 342 g/mol. The fraction of sp³-hybridized carbons (Fsp3) is 0.650. The van der Waals surface area contributed by atoms with Gasteiger partial charge in [-0.3, -0.25) is 20.5 Å². The van der Waals surface area contributed by atoms with Crippen LogP contribution in [0.15, 0.2) is 30.3 Å². The first kappa shape index (κ1) is 17.0. The number of hydrogen-bond donors (Lipinski definition) is 3. The molecule has 0 saturated carbocycles. The molecule has 1 aromatic carbocycles. The van der Waals surface area contributed by atoms with Crippen LogP contribution in [0.25, 0.3) is 0 Å². The molecule has 3 aliphatic rings. The van der Waals surface area contributed by atoms with Crippen molar-refractivity contribution in [2.75, 3.05) is 13.1 Å². The average Bonchev–Trinajstić information content (AvgIpc) is 3.30. The molecule has 0 bridgehead atoms. The Labute approximate surface area is 150 Å². The summed E-state index contributed by atoms with van der Waals surface area (Å²) in [6.45, 7) is 6.22. The minimum absolute atomic E-state index is 0.126. The molecule has 3 aliphatic heterocycles. The SMILES string of the molecule is CC1NNC(C)C1CNC(=O)[C@@H]1C[C@H](c2ccccc2)N2CCC[C@@H]12. The Morgan fingerprint density at radius 1 is 1.20 bits per heavy atom. The van der Waals surface area contributed by atoms with E-state index in [1.807, 2.05) is 0 Å². The third-order valence-electron chi connectivity index (χ3n) is 6.54. The minimum atomic E-state index is 0.126. The van der Waals surface area contributed by atoms with Crippen molar-refractivity contribution in [2.45, 2.75) is 57.3 Å². The smallest absolute Gasteiger partial charge is 0.224 e. The van der Waals surface area contributed by atoms with E-state index in [2.05, 4.69) is 65.2 Å². The Kier molecular flexibility index (Phi) is 4.80. The van der Waals surface area contributed by atoms with Gasteiger partial charge in [-0.15, -0.1) is 0 Å². The summed E-state index contributed by atoms with van der Waals surface area (Å²) in [5.74, 6) is 0.817. The number of carbonyl (C=O) groups is 1. The van der Waals surface area contributed by atoms with Crippen LogP contribution in [0.1, 0.15) is 44.7 Å². The average molecular weight is 342 g/mol. The van der Waals surface area contributed by atoms with Gasteiger partial charge in [-0.2, -0.15) is 0 Å². The maximum Gasteiger partial charge on any atom is 0.224 e. The standard InChI is InChI=1S/C20H30N4O/c1-13-17(14(2)23-22-13)12-21-20(25)16-11-19(15-7-4-3-5-8-15)24-10-6-9-18(16)24/h3-5,7-8,13-14,16-19,22-23H,6,9-12H2,1-2H3,(H,21,25)/t13?,14?,16-,17?,18+,19-/m1/s1. The fourth-order valence-electron chi connectivity index (χ4n) is 5.06. The van der Waals surface area contributed by atoms with Gasteiger partial charge in [-0.05, 0) is 45.2 Å². The summed E-state index contributed by atoms with van der Waals surface area (Å²) in [7, 11) is 0. The fourth-order valence-corrected chi connectivity index (χ4v) is 5.06. The molecule has 5 atom stereocenters. The normalized spacial score (nSPS) is 38.0. The van der Waals surface area contributed by atoms with Crippen molar-refractivity contribution in [2.24, 2.45) is 11.8 Å². The first-order valence-corrected chi connectivity index (χ1v) is 9.74. The molecule has 4 rings (SSSR count). The van der Waals surface area contributed by atoms with Crippen molar-refractivity contribution in [3.63, 3.8) is 0 Å². The van der Waals surface area contributed by atoms with Gasteiger partial charge in [0.15, 0.2) is 0 Å². The van der Waals surface area contributed by atoms with Crippen LogP contribution in [-0.4, -0.2) is 42.0 Å². The zero-order chi connectivity index (χ0) is 17.4. The second kappa shape index (κ2) is 7.06. The molecule has 3 N–H and O–H groups in total. The molecule has 5 nitrogen and oxygen atoms in total. The third kappa shape index (κ3) is 3.21. The summed E-state index contributed by atoms with van der Waals surface area (Å²) in [5.41, 5.74) is 7.89. The van der Waals surface area contributed by atoms with Crippen molar-refractivity contribution in [1.29, 1.82) is 0 Å². The van der Waals surface area contributed by atoms with Gasteiger partial charge < -0.3 is 5.32 Å². The molecule has 3 fully saturated rings. The first-order valence-electron chi connectivity index (χ1n) is 9.74. The Morgan fingerprint density at radius 2 is 1.92 bits per heavy atom. The van der Waals surface area contributed by atoms with Crippen LogP contribution in [0.2, 0.25) is 0 Å². The van der Waals surface area contributed by atoms with Gasteiger partial charge >= 0.3 is 0 Å². The summed E-state index contributed by atoms with van der Waals surface area (Å²) in [6, 6.07) is 12.3. The van der Waals surface area contributed by atoms with E-state index in [4.69, 9.17) is 0 Å². The number of hydrogen-bond acceptors (Lipinski definition) is 4. The number of carbonyl (C=O) groups excluding carboxylic acids is 1. The number of rotatable bonds is 4. The van der Waals surface area contributed by atoms with Crippen molar-refractivity contribution >= 4 is 5.91 Å². The molecule has 3 saturated heterocycles. The molecule has 136 valence electrons. The molecule has 25 heavy (non-hydrogen) atoms. The third-order valence-corrected chi connectivity index (χ3v) is 6.54. The Balaban J connectivity index is 1.42.